The lowest BCUT2D eigenvalue weighted by Crippen LogP contribution is -2.38. The maximum Gasteiger partial charge on any atom is 0.340 e. The monoisotopic (exact) mass is 471 g/mol. The SMILES string of the molecule is CCCOC(=O)c1cc(NC(=S)NC(=O)COc2ccc(C)cc2)ccc1N1CCOCC1. The van der Waals surface area contributed by atoms with Crippen LogP contribution in [0.5, 0.6) is 5.75 Å². The van der Waals surface area contributed by atoms with Crippen LogP contribution in [0.3, 0.4) is 0 Å². The Hall–Kier alpha value is -3.17. The number of carbonyl (C=O) groups is 2. The van der Waals surface area contributed by atoms with E-state index in [-0.39, 0.29) is 17.6 Å². The molecule has 1 fully saturated rings. The van der Waals surface area contributed by atoms with Gasteiger partial charge in [-0.15, -0.1) is 0 Å². The minimum absolute atomic E-state index is 0.111. The van der Waals surface area contributed by atoms with Crippen LogP contribution in [0.15, 0.2) is 42.5 Å². The van der Waals surface area contributed by atoms with Crippen molar-refractivity contribution in [3.8, 4) is 5.75 Å². The molecule has 176 valence electrons. The van der Waals surface area contributed by atoms with E-state index in [0.29, 0.717) is 49.9 Å². The molecule has 0 unspecified atom stereocenters. The van der Waals surface area contributed by atoms with Crippen LogP contribution in [0.2, 0.25) is 0 Å². The first kappa shape index (κ1) is 24.5. The predicted molar refractivity (Wildman–Crippen MR) is 131 cm³/mol. The number of esters is 1. The van der Waals surface area contributed by atoms with Crippen LogP contribution in [0, 0.1) is 6.92 Å². The quantitative estimate of drug-likeness (QED) is 0.448. The standard InChI is InChI=1S/C24H29N3O5S/c1-3-12-31-23(29)20-15-18(6-9-21(20)27-10-13-30-14-11-27)25-24(33)26-22(28)16-32-19-7-4-17(2)5-8-19/h4-9,15H,3,10-14,16H2,1-2H3,(H2,25,26,28,33). The summed E-state index contributed by atoms with van der Waals surface area (Å²) in [7, 11) is 0. The number of hydrogen-bond acceptors (Lipinski definition) is 7. The van der Waals surface area contributed by atoms with E-state index in [1.54, 1.807) is 18.2 Å². The highest BCUT2D eigenvalue weighted by molar-refractivity contribution is 7.80. The lowest BCUT2D eigenvalue weighted by Gasteiger charge is -2.30. The van der Waals surface area contributed by atoms with Crippen molar-refractivity contribution in [3.63, 3.8) is 0 Å². The molecule has 9 heteroatoms. The number of hydrogen-bond donors (Lipinski definition) is 2. The number of nitrogens with one attached hydrogen (secondary N) is 2. The molecule has 0 saturated carbocycles. The smallest absolute Gasteiger partial charge is 0.340 e. The second-order valence-electron chi connectivity index (χ2n) is 7.57. The summed E-state index contributed by atoms with van der Waals surface area (Å²) in [4.78, 5) is 27.0. The topological polar surface area (TPSA) is 89.1 Å². The van der Waals surface area contributed by atoms with Crippen LogP contribution in [0.25, 0.3) is 0 Å². The summed E-state index contributed by atoms with van der Waals surface area (Å²) in [5, 5.41) is 5.65. The summed E-state index contributed by atoms with van der Waals surface area (Å²) in [6.07, 6.45) is 0.733. The van der Waals surface area contributed by atoms with Crippen molar-refractivity contribution >= 4 is 40.6 Å². The van der Waals surface area contributed by atoms with Crippen LogP contribution < -0.4 is 20.3 Å². The van der Waals surface area contributed by atoms with Crippen LogP contribution in [0.4, 0.5) is 11.4 Å². The summed E-state index contributed by atoms with van der Waals surface area (Å²) in [6.45, 7) is 6.67. The second kappa shape index (κ2) is 12.2. The number of anilines is 2. The molecule has 0 radical (unpaired) electrons. The Balaban J connectivity index is 1.62. The number of amides is 1. The normalized spacial score (nSPS) is 13.2. The van der Waals surface area contributed by atoms with E-state index in [1.165, 1.54) is 0 Å². The minimum Gasteiger partial charge on any atom is -0.484 e. The highest BCUT2D eigenvalue weighted by Crippen LogP contribution is 2.26. The van der Waals surface area contributed by atoms with Crippen LogP contribution in [-0.2, 0) is 14.3 Å². The summed E-state index contributed by atoms with van der Waals surface area (Å²) in [5.74, 6) is -0.187. The fourth-order valence-corrected chi connectivity index (χ4v) is 3.47. The third-order valence-electron chi connectivity index (χ3n) is 4.91. The van der Waals surface area contributed by atoms with Crippen molar-refractivity contribution < 1.29 is 23.8 Å². The van der Waals surface area contributed by atoms with E-state index in [1.807, 2.05) is 38.1 Å². The van der Waals surface area contributed by atoms with Gasteiger partial charge in [0.1, 0.15) is 5.75 Å². The number of nitrogens with zero attached hydrogens (tertiary/aromatic N) is 1. The van der Waals surface area contributed by atoms with E-state index in [0.717, 1.165) is 17.7 Å². The summed E-state index contributed by atoms with van der Waals surface area (Å²) >= 11 is 5.26. The van der Waals surface area contributed by atoms with E-state index in [4.69, 9.17) is 26.4 Å². The van der Waals surface area contributed by atoms with E-state index < -0.39 is 5.97 Å². The van der Waals surface area contributed by atoms with Crippen molar-refractivity contribution in [2.24, 2.45) is 0 Å². The summed E-state index contributed by atoms with van der Waals surface area (Å²) in [6, 6.07) is 12.8. The third kappa shape index (κ3) is 7.44. The zero-order chi connectivity index (χ0) is 23.6. The molecule has 8 nitrogen and oxygen atoms in total. The van der Waals surface area contributed by atoms with Gasteiger partial charge in [0, 0.05) is 18.8 Å². The molecule has 0 bridgehead atoms. The van der Waals surface area contributed by atoms with Gasteiger partial charge >= 0.3 is 5.97 Å². The molecular weight excluding hydrogens is 442 g/mol. The fraction of sp³-hybridized carbons (Fsp3) is 0.375. The number of carbonyl (C=O) groups excluding carboxylic acids is 2. The highest BCUT2D eigenvalue weighted by atomic mass is 32.1. The van der Waals surface area contributed by atoms with Crippen LogP contribution in [-0.4, -0.2) is 56.5 Å². The first-order chi connectivity index (χ1) is 16.0. The van der Waals surface area contributed by atoms with E-state index in [2.05, 4.69) is 15.5 Å². The molecule has 0 aliphatic carbocycles. The Morgan fingerprint density at radius 3 is 2.55 bits per heavy atom. The molecule has 1 aliphatic heterocycles. The number of aryl methyl sites for hydroxylation is 1. The van der Waals surface area contributed by atoms with Crippen molar-refractivity contribution in [1.29, 1.82) is 0 Å². The molecule has 0 aromatic heterocycles. The predicted octanol–water partition coefficient (Wildman–Crippen LogP) is 3.29. The Bertz CT molecular complexity index is 975. The Kier molecular flexibility index (Phi) is 9.03. The van der Waals surface area contributed by atoms with Crippen molar-refractivity contribution in [2.45, 2.75) is 20.3 Å². The second-order valence-corrected chi connectivity index (χ2v) is 7.98. The van der Waals surface area contributed by atoms with Gasteiger partial charge in [-0.2, -0.15) is 0 Å². The molecule has 1 amide bonds. The Morgan fingerprint density at radius 1 is 1.12 bits per heavy atom. The van der Waals surface area contributed by atoms with Gasteiger partial charge < -0.3 is 24.4 Å². The van der Waals surface area contributed by atoms with Gasteiger partial charge in [0.25, 0.3) is 5.91 Å². The van der Waals surface area contributed by atoms with Crippen molar-refractivity contribution in [3.05, 3.63) is 53.6 Å². The molecule has 1 heterocycles. The molecular formula is C24H29N3O5S. The molecule has 33 heavy (non-hydrogen) atoms. The first-order valence-electron chi connectivity index (χ1n) is 10.9. The maximum atomic E-state index is 12.7. The molecule has 1 saturated heterocycles. The number of rotatable bonds is 8. The van der Waals surface area contributed by atoms with Crippen molar-refractivity contribution in [1.82, 2.24) is 5.32 Å². The summed E-state index contributed by atoms with van der Waals surface area (Å²) < 4.78 is 16.3. The third-order valence-corrected chi connectivity index (χ3v) is 5.11. The fourth-order valence-electron chi connectivity index (χ4n) is 3.24. The summed E-state index contributed by atoms with van der Waals surface area (Å²) in [5.41, 5.74) is 2.90. The first-order valence-corrected chi connectivity index (χ1v) is 11.3. The lowest BCUT2D eigenvalue weighted by atomic mass is 10.1. The molecule has 0 spiro atoms. The number of benzene rings is 2. The molecule has 0 atom stereocenters. The van der Waals surface area contributed by atoms with Gasteiger partial charge in [-0.1, -0.05) is 24.6 Å². The lowest BCUT2D eigenvalue weighted by molar-refractivity contribution is -0.121. The van der Waals surface area contributed by atoms with Crippen LogP contribution in [0.1, 0.15) is 29.3 Å². The molecule has 2 aromatic rings. The van der Waals surface area contributed by atoms with E-state index >= 15 is 0 Å². The molecule has 3 rings (SSSR count). The highest BCUT2D eigenvalue weighted by Gasteiger charge is 2.21. The Morgan fingerprint density at radius 2 is 1.85 bits per heavy atom. The maximum absolute atomic E-state index is 12.7. The van der Waals surface area contributed by atoms with Gasteiger partial charge in [0.2, 0.25) is 0 Å². The minimum atomic E-state index is -0.400. The largest absolute Gasteiger partial charge is 0.484 e. The number of morpholine rings is 1. The number of thiocarbonyl (C=S) groups is 1. The zero-order valence-corrected chi connectivity index (χ0v) is 19.7. The van der Waals surface area contributed by atoms with Gasteiger partial charge in [-0.3, -0.25) is 10.1 Å². The van der Waals surface area contributed by atoms with Crippen LogP contribution >= 0.6 is 12.2 Å². The van der Waals surface area contributed by atoms with Gasteiger partial charge in [-0.05, 0) is 55.9 Å². The molecule has 2 N–H and O–H groups in total. The zero-order valence-electron chi connectivity index (χ0n) is 18.9. The van der Waals surface area contributed by atoms with E-state index in [9.17, 15) is 9.59 Å². The van der Waals surface area contributed by atoms with Gasteiger partial charge in [0.15, 0.2) is 11.7 Å². The number of ether oxygens (including phenoxy) is 3. The van der Waals surface area contributed by atoms with Gasteiger partial charge in [0.05, 0.1) is 31.1 Å². The molecule has 1 aliphatic rings. The Labute approximate surface area is 199 Å². The van der Waals surface area contributed by atoms with Gasteiger partial charge in [-0.25, -0.2) is 4.79 Å². The average molecular weight is 472 g/mol. The average Bonchev–Trinajstić information content (AvgIpc) is 2.82. The van der Waals surface area contributed by atoms with Crippen molar-refractivity contribution in [2.75, 3.05) is 49.7 Å². The molecule has 2 aromatic carbocycles.